The summed E-state index contributed by atoms with van der Waals surface area (Å²) < 4.78 is 0. The smallest absolute Gasteiger partial charge is 0.179 e. The maximum atomic E-state index is 3.64. The molecule has 8 aromatic rings. The molecule has 0 unspecified atom stereocenters. The summed E-state index contributed by atoms with van der Waals surface area (Å²) in [5, 5.41) is 8.03. The van der Waals surface area contributed by atoms with Crippen LogP contribution in [0.2, 0.25) is 0 Å². The molecule has 0 spiro atoms. The van der Waals surface area contributed by atoms with Crippen LogP contribution in [0.5, 0.6) is 0 Å². The molecule has 0 aliphatic carbocycles. The van der Waals surface area contributed by atoms with E-state index >= 15 is 0 Å². The van der Waals surface area contributed by atoms with Crippen molar-refractivity contribution in [3.63, 3.8) is 0 Å². The van der Waals surface area contributed by atoms with Gasteiger partial charge in [0, 0.05) is 21.8 Å². The number of nitrogens with one attached hydrogen (secondary N) is 1. The Kier molecular flexibility index (Phi) is 6.55. The van der Waals surface area contributed by atoms with E-state index in [2.05, 4.69) is 187 Å². The summed E-state index contributed by atoms with van der Waals surface area (Å²) in [4.78, 5) is 3.64. The summed E-state index contributed by atoms with van der Waals surface area (Å²) in [5.74, 6) is 0. The Morgan fingerprint density at radius 2 is 0.682 bits per heavy atom. The molecule has 44 heavy (non-hydrogen) atoms. The van der Waals surface area contributed by atoms with Gasteiger partial charge in [-0.25, -0.2) is 0 Å². The van der Waals surface area contributed by atoms with Gasteiger partial charge in [0.2, 0.25) is 0 Å². The van der Waals surface area contributed by atoms with E-state index in [-0.39, 0.29) is 0 Å². The van der Waals surface area contributed by atoms with Crippen LogP contribution in [0.4, 0.5) is 0 Å². The summed E-state index contributed by atoms with van der Waals surface area (Å²) in [7, 11) is -2.60. The fourth-order valence-electron chi connectivity index (χ4n) is 6.88. The normalized spacial score (nSPS) is 11.6. The summed E-state index contributed by atoms with van der Waals surface area (Å²) in [6.45, 7) is 0. The zero-order chi connectivity index (χ0) is 29.3. The maximum absolute atomic E-state index is 3.64. The second-order valence-corrected chi connectivity index (χ2v) is 15.3. The second kappa shape index (κ2) is 11.0. The van der Waals surface area contributed by atoms with E-state index in [1.54, 1.807) is 0 Å². The SMILES string of the molecule is c1ccc(-c2ccc3[nH]c4ccc(-c5cccc([Si](c6ccccc6)(c6ccccc6)c6ccccc6)c5)cc4c3c2)cc1. The fraction of sp³-hybridized carbons (Fsp3) is 0. The lowest BCUT2D eigenvalue weighted by molar-refractivity contribution is 1.54. The first-order valence-corrected chi connectivity index (χ1v) is 17.2. The predicted molar refractivity (Wildman–Crippen MR) is 190 cm³/mol. The third-order valence-electron chi connectivity index (χ3n) is 8.96. The summed E-state index contributed by atoms with van der Waals surface area (Å²) in [5.41, 5.74) is 7.24. The highest BCUT2D eigenvalue weighted by Crippen LogP contribution is 2.33. The molecule has 0 atom stereocenters. The lowest BCUT2D eigenvalue weighted by Crippen LogP contribution is -2.74. The van der Waals surface area contributed by atoms with Crippen LogP contribution in [-0.2, 0) is 0 Å². The van der Waals surface area contributed by atoms with Gasteiger partial charge in [0.05, 0.1) is 0 Å². The molecule has 0 saturated carbocycles. The number of fused-ring (bicyclic) bond motifs is 3. The molecule has 0 bridgehead atoms. The molecule has 0 saturated heterocycles. The molecule has 7 aromatic carbocycles. The number of benzene rings is 7. The molecule has 1 nitrogen and oxygen atoms in total. The van der Waals surface area contributed by atoms with Gasteiger partial charge in [0.15, 0.2) is 8.07 Å². The van der Waals surface area contributed by atoms with Gasteiger partial charge in [-0.2, -0.15) is 0 Å². The third kappa shape index (κ3) is 4.39. The molecule has 0 fully saturated rings. The summed E-state index contributed by atoms with van der Waals surface area (Å²) in [6.07, 6.45) is 0. The van der Waals surface area contributed by atoms with Crippen molar-refractivity contribution in [1.82, 2.24) is 4.98 Å². The monoisotopic (exact) mass is 577 g/mol. The molecule has 2 heteroatoms. The maximum Gasteiger partial charge on any atom is 0.179 e. The fourth-order valence-corrected chi connectivity index (χ4v) is 11.7. The van der Waals surface area contributed by atoms with E-state index in [0.29, 0.717) is 0 Å². The summed E-state index contributed by atoms with van der Waals surface area (Å²) in [6, 6.07) is 66.9. The van der Waals surface area contributed by atoms with Gasteiger partial charge in [-0.05, 0) is 67.3 Å². The quantitative estimate of drug-likeness (QED) is 0.152. The Morgan fingerprint density at radius 3 is 1.18 bits per heavy atom. The highest BCUT2D eigenvalue weighted by atomic mass is 28.3. The van der Waals surface area contributed by atoms with Gasteiger partial charge in [0.25, 0.3) is 0 Å². The van der Waals surface area contributed by atoms with Gasteiger partial charge in [-0.15, -0.1) is 0 Å². The van der Waals surface area contributed by atoms with Crippen molar-refractivity contribution in [2.75, 3.05) is 0 Å². The van der Waals surface area contributed by atoms with E-state index < -0.39 is 8.07 Å². The molecule has 1 heterocycles. The van der Waals surface area contributed by atoms with Crippen LogP contribution < -0.4 is 20.7 Å². The van der Waals surface area contributed by atoms with Gasteiger partial charge >= 0.3 is 0 Å². The molecule has 0 aliphatic rings. The molecule has 8 rings (SSSR count). The Balaban J connectivity index is 1.33. The van der Waals surface area contributed by atoms with Gasteiger partial charge in [0.1, 0.15) is 0 Å². The molecule has 0 amide bonds. The van der Waals surface area contributed by atoms with E-state index in [0.717, 1.165) is 11.0 Å². The molecule has 0 radical (unpaired) electrons. The Hall–Kier alpha value is -5.44. The second-order valence-electron chi connectivity index (χ2n) is 11.4. The minimum Gasteiger partial charge on any atom is -0.355 e. The molecular weight excluding hydrogens is 547 g/mol. The zero-order valence-corrected chi connectivity index (χ0v) is 25.3. The van der Waals surface area contributed by atoms with Crippen molar-refractivity contribution in [3.05, 3.63) is 182 Å². The van der Waals surface area contributed by atoms with Gasteiger partial charge in [-0.1, -0.05) is 158 Å². The van der Waals surface area contributed by atoms with Crippen LogP contribution in [0, 0.1) is 0 Å². The lowest BCUT2D eigenvalue weighted by Gasteiger charge is -2.34. The van der Waals surface area contributed by atoms with E-state index in [1.165, 1.54) is 53.8 Å². The van der Waals surface area contributed by atoms with Crippen molar-refractivity contribution < 1.29 is 0 Å². The van der Waals surface area contributed by atoms with Crippen LogP contribution in [0.15, 0.2) is 182 Å². The Bertz CT molecular complexity index is 2110. The Morgan fingerprint density at radius 1 is 0.295 bits per heavy atom. The van der Waals surface area contributed by atoms with Crippen molar-refractivity contribution in [2.45, 2.75) is 0 Å². The van der Waals surface area contributed by atoms with E-state index in [9.17, 15) is 0 Å². The molecule has 0 aliphatic heterocycles. The number of aromatic amines is 1. The largest absolute Gasteiger partial charge is 0.355 e. The minimum atomic E-state index is -2.60. The van der Waals surface area contributed by atoms with Crippen LogP contribution in [0.1, 0.15) is 0 Å². The number of H-pyrrole nitrogens is 1. The number of aromatic nitrogens is 1. The molecular formula is C42H31NSi. The molecule has 208 valence electrons. The average molecular weight is 578 g/mol. The van der Waals surface area contributed by atoms with Crippen molar-refractivity contribution in [1.29, 1.82) is 0 Å². The first-order chi connectivity index (χ1) is 21.8. The first-order valence-electron chi connectivity index (χ1n) is 15.2. The molecule has 1 N–H and O–H groups in total. The lowest BCUT2D eigenvalue weighted by atomic mass is 10.0. The molecule has 1 aromatic heterocycles. The Labute approximate surface area is 259 Å². The number of hydrogen-bond donors (Lipinski definition) is 1. The van der Waals surface area contributed by atoms with Crippen LogP contribution in [0.25, 0.3) is 44.1 Å². The highest BCUT2D eigenvalue weighted by Gasteiger charge is 2.41. The number of rotatable bonds is 6. The number of hydrogen-bond acceptors (Lipinski definition) is 0. The van der Waals surface area contributed by atoms with Crippen LogP contribution >= 0.6 is 0 Å². The summed E-state index contributed by atoms with van der Waals surface area (Å²) >= 11 is 0. The van der Waals surface area contributed by atoms with Crippen molar-refractivity contribution in [3.8, 4) is 22.3 Å². The topological polar surface area (TPSA) is 15.8 Å². The highest BCUT2D eigenvalue weighted by molar-refractivity contribution is 7.19. The minimum absolute atomic E-state index is 1.16. The third-order valence-corrected chi connectivity index (χ3v) is 13.7. The van der Waals surface area contributed by atoms with Crippen LogP contribution in [0.3, 0.4) is 0 Å². The van der Waals surface area contributed by atoms with Crippen molar-refractivity contribution in [2.24, 2.45) is 0 Å². The van der Waals surface area contributed by atoms with E-state index in [1.807, 2.05) is 0 Å². The first kappa shape index (κ1) is 26.2. The zero-order valence-electron chi connectivity index (χ0n) is 24.3. The van der Waals surface area contributed by atoms with Gasteiger partial charge in [-0.3, -0.25) is 0 Å². The standard InChI is InChI=1S/C42H31NSi/c1-5-14-31(15-6-1)33-24-26-41-39(29-33)40-30-34(25-27-42(40)43-41)32-16-13-23-38(28-32)44(35-17-7-2-8-18-35,36-19-9-3-10-20-36)37-21-11-4-12-22-37/h1-30,43H. The predicted octanol–water partition coefficient (Wildman–Crippen LogP) is 8.03. The average Bonchev–Trinajstić information content (AvgIpc) is 3.48. The van der Waals surface area contributed by atoms with E-state index in [4.69, 9.17) is 0 Å². The van der Waals surface area contributed by atoms with Crippen LogP contribution in [-0.4, -0.2) is 13.1 Å². The van der Waals surface area contributed by atoms with Crippen molar-refractivity contribution >= 4 is 50.6 Å². The van der Waals surface area contributed by atoms with Gasteiger partial charge < -0.3 is 4.98 Å².